The van der Waals surface area contributed by atoms with Gasteiger partial charge in [0, 0.05) is 30.7 Å². The molecule has 1 amide bonds. The van der Waals surface area contributed by atoms with E-state index in [0.717, 1.165) is 29.1 Å². The molecule has 0 aromatic carbocycles. The number of rotatable bonds is 2. The summed E-state index contributed by atoms with van der Waals surface area (Å²) in [5.74, 6) is 1.20. The molecule has 1 aliphatic carbocycles. The number of nitrogens with two attached hydrogens (primary N) is 2. The van der Waals surface area contributed by atoms with Crippen molar-refractivity contribution in [1.82, 2.24) is 15.0 Å². The summed E-state index contributed by atoms with van der Waals surface area (Å²) in [6.45, 7) is 0.790. The molecule has 1 fully saturated rings. The van der Waals surface area contributed by atoms with Gasteiger partial charge in [0.05, 0.1) is 10.3 Å². The SMILES string of the molecule is NC(=O)C1=CN(c2ncnc3[nH]ccc23)CCS1.NC1CCCCC1. The third kappa shape index (κ3) is 4.52. The summed E-state index contributed by atoms with van der Waals surface area (Å²) in [5.41, 5.74) is 11.7. The summed E-state index contributed by atoms with van der Waals surface area (Å²) < 4.78 is 0. The van der Waals surface area contributed by atoms with Gasteiger partial charge >= 0.3 is 0 Å². The zero-order valence-corrected chi connectivity index (χ0v) is 15.0. The van der Waals surface area contributed by atoms with Gasteiger partial charge in [0.15, 0.2) is 0 Å². The molecule has 2 aromatic rings. The summed E-state index contributed by atoms with van der Waals surface area (Å²) in [5, 5.41) is 0.935. The molecule has 2 aromatic heterocycles. The first-order valence-electron chi connectivity index (χ1n) is 8.60. The first-order valence-corrected chi connectivity index (χ1v) is 9.58. The van der Waals surface area contributed by atoms with Crippen LogP contribution in [0.3, 0.4) is 0 Å². The number of nitrogens with zero attached hydrogens (tertiary/aromatic N) is 3. The van der Waals surface area contributed by atoms with Crippen LogP contribution in [0.5, 0.6) is 0 Å². The number of carbonyl (C=O) groups is 1. The standard InChI is InChI=1S/C11H11N5OS.C6H13N/c12-9(17)8-5-16(3-4-18-8)11-7-1-2-13-10(7)14-6-15-11;7-6-4-2-1-3-5-6/h1-2,5-6H,3-4H2,(H2,12,17)(H,13,14,15);6H,1-5,7H2. The summed E-state index contributed by atoms with van der Waals surface area (Å²) >= 11 is 1.47. The molecule has 2 aliphatic rings. The van der Waals surface area contributed by atoms with Crippen molar-refractivity contribution in [3.8, 4) is 0 Å². The third-order valence-electron chi connectivity index (χ3n) is 4.36. The fraction of sp³-hybridized carbons (Fsp3) is 0.471. The highest BCUT2D eigenvalue weighted by molar-refractivity contribution is 8.04. The molecule has 134 valence electrons. The number of H-pyrrole nitrogens is 1. The maximum Gasteiger partial charge on any atom is 0.256 e. The lowest BCUT2D eigenvalue weighted by Gasteiger charge is -2.24. The lowest BCUT2D eigenvalue weighted by atomic mass is 9.97. The van der Waals surface area contributed by atoms with Crippen molar-refractivity contribution in [3.05, 3.63) is 29.7 Å². The van der Waals surface area contributed by atoms with E-state index in [1.54, 1.807) is 6.20 Å². The second-order valence-corrected chi connectivity index (χ2v) is 7.37. The number of aromatic nitrogens is 3. The molecule has 7 nitrogen and oxygen atoms in total. The normalized spacial score (nSPS) is 18.4. The minimum Gasteiger partial charge on any atom is -0.365 e. The molecular weight excluding hydrogens is 336 g/mol. The van der Waals surface area contributed by atoms with E-state index in [4.69, 9.17) is 11.5 Å². The van der Waals surface area contributed by atoms with Crippen molar-refractivity contribution >= 4 is 34.5 Å². The van der Waals surface area contributed by atoms with E-state index in [1.165, 1.54) is 50.2 Å². The van der Waals surface area contributed by atoms with Crippen LogP contribution in [0, 0.1) is 0 Å². The number of nitrogens with one attached hydrogen (secondary N) is 1. The number of fused-ring (bicyclic) bond motifs is 1. The largest absolute Gasteiger partial charge is 0.365 e. The van der Waals surface area contributed by atoms with E-state index < -0.39 is 5.91 Å². The van der Waals surface area contributed by atoms with Crippen LogP contribution in [0.1, 0.15) is 32.1 Å². The molecule has 0 saturated heterocycles. The average molecular weight is 360 g/mol. The Labute approximate surface area is 151 Å². The maximum absolute atomic E-state index is 11.2. The second kappa shape index (κ2) is 8.35. The van der Waals surface area contributed by atoms with Crippen molar-refractivity contribution in [3.63, 3.8) is 0 Å². The summed E-state index contributed by atoms with van der Waals surface area (Å²) in [6, 6.07) is 2.46. The summed E-state index contributed by atoms with van der Waals surface area (Å²) in [7, 11) is 0. The highest BCUT2D eigenvalue weighted by Crippen LogP contribution is 2.28. The summed E-state index contributed by atoms with van der Waals surface area (Å²) in [4.78, 5) is 25.2. The van der Waals surface area contributed by atoms with E-state index in [-0.39, 0.29) is 0 Å². The Bertz CT molecular complexity index is 752. The van der Waals surface area contributed by atoms with E-state index in [0.29, 0.717) is 10.9 Å². The molecule has 1 aliphatic heterocycles. The van der Waals surface area contributed by atoms with Crippen LogP contribution in [0.2, 0.25) is 0 Å². The van der Waals surface area contributed by atoms with E-state index in [1.807, 2.05) is 17.2 Å². The molecule has 8 heteroatoms. The molecule has 4 rings (SSSR count). The maximum atomic E-state index is 11.2. The first kappa shape index (κ1) is 17.8. The van der Waals surface area contributed by atoms with Gasteiger partial charge in [0.1, 0.15) is 17.8 Å². The Morgan fingerprint density at radius 1 is 1.28 bits per heavy atom. The van der Waals surface area contributed by atoms with E-state index in [9.17, 15) is 4.79 Å². The second-order valence-electron chi connectivity index (χ2n) is 6.23. The molecule has 0 bridgehead atoms. The zero-order chi connectivity index (χ0) is 17.6. The van der Waals surface area contributed by atoms with Crippen molar-refractivity contribution in [2.24, 2.45) is 11.5 Å². The fourth-order valence-corrected chi connectivity index (χ4v) is 3.87. The minimum absolute atomic E-state index is 0.399. The van der Waals surface area contributed by atoms with Crippen LogP contribution >= 0.6 is 11.8 Å². The van der Waals surface area contributed by atoms with E-state index >= 15 is 0 Å². The monoisotopic (exact) mass is 360 g/mol. The molecule has 0 radical (unpaired) electrons. The number of thioether (sulfide) groups is 1. The lowest BCUT2D eigenvalue weighted by Crippen LogP contribution is -2.27. The minimum atomic E-state index is -0.399. The Morgan fingerprint density at radius 2 is 2.08 bits per heavy atom. The predicted molar refractivity (Wildman–Crippen MR) is 102 cm³/mol. The van der Waals surface area contributed by atoms with Gasteiger partial charge in [-0.15, -0.1) is 11.8 Å². The van der Waals surface area contributed by atoms with Gasteiger partial charge in [-0.1, -0.05) is 19.3 Å². The highest BCUT2D eigenvalue weighted by Gasteiger charge is 2.18. The smallest absolute Gasteiger partial charge is 0.256 e. The van der Waals surface area contributed by atoms with Crippen LogP contribution < -0.4 is 16.4 Å². The molecule has 0 spiro atoms. The van der Waals surface area contributed by atoms with Crippen LogP contribution in [0.25, 0.3) is 11.0 Å². The Hall–Kier alpha value is -2.06. The number of carbonyl (C=O) groups excluding carboxylic acids is 1. The van der Waals surface area contributed by atoms with Gasteiger partial charge < -0.3 is 21.4 Å². The van der Waals surface area contributed by atoms with Crippen LogP contribution in [-0.2, 0) is 4.79 Å². The average Bonchev–Trinajstić information content (AvgIpc) is 3.12. The van der Waals surface area contributed by atoms with Gasteiger partial charge in [0.25, 0.3) is 5.91 Å². The molecule has 25 heavy (non-hydrogen) atoms. The highest BCUT2D eigenvalue weighted by atomic mass is 32.2. The predicted octanol–water partition coefficient (Wildman–Crippen LogP) is 2.12. The van der Waals surface area contributed by atoms with Gasteiger partial charge in [-0.3, -0.25) is 4.79 Å². The van der Waals surface area contributed by atoms with Crippen LogP contribution in [0.15, 0.2) is 29.7 Å². The topological polar surface area (TPSA) is 114 Å². The first-order chi connectivity index (χ1) is 12.1. The molecular formula is C17H24N6OS. The Morgan fingerprint density at radius 3 is 2.76 bits per heavy atom. The number of aromatic amines is 1. The third-order valence-corrected chi connectivity index (χ3v) is 5.36. The van der Waals surface area contributed by atoms with Gasteiger partial charge in [-0.25, -0.2) is 9.97 Å². The van der Waals surface area contributed by atoms with Crippen LogP contribution in [-0.4, -0.2) is 39.2 Å². The lowest BCUT2D eigenvalue weighted by molar-refractivity contribution is -0.113. The zero-order valence-electron chi connectivity index (χ0n) is 14.1. The molecule has 3 heterocycles. The molecule has 5 N–H and O–H groups in total. The quantitative estimate of drug-likeness (QED) is 0.756. The van der Waals surface area contributed by atoms with E-state index in [2.05, 4.69) is 15.0 Å². The summed E-state index contributed by atoms with van der Waals surface area (Å²) in [6.07, 6.45) is 11.7. The fourth-order valence-electron chi connectivity index (χ4n) is 3.02. The molecule has 0 unspecified atom stereocenters. The number of primary amides is 1. The van der Waals surface area contributed by atoms with Crippen molar-refractivity contribution < 1.29 is 4.79 Å². The van der Waals surface area contributed by atoms with Gasteiger partial charge in [0.2, 0.25) is 0 Å². The van der Waals surface area contributed by atoms with Gasteiger partial charge in [-0.2, -0.15) is 0 Å². The Kier molecular flexibility index (Phi) is 5.93. The van der Waals surface area contributed by atoms with Crippen molar-refractivity contribution in [1.29, 1.82) is 0 Å². The Balaban J connectivity index is 0.000000219. The van der Waals surface area contributed by atoms with Crippen molar-refractivity contribution in [2.75, 3.05) is 17.2 Å². The number of hydrogen-bond donors (Lipinski definition) is 3. The molecule has 0 atom stereocenters. The van der Waals surface area contributed by atoms with Crippen molar-refractivity contribution in [2.45, 2.75) is 38.1 Å². The number of hydrogen-bond acceptors (Lipinski definition) is 6. The number of anilines is 1. The molecule has 1 saturated carbocycles. The number of amides is 1. The van der Waals surface area contributed by atoms with Crippen LogP contribution in [0.4, 0.5) is 5.82 Å². The van der Waals surface area contributed by atoms with Gasteiger partial charge in [-0.05, 0) is 18.9 Å².